The van der Waals surface area contributed by atoms with Gasteiger partial charge in [-0.2, -0.15) is 0 Å². The van der Waals surface area contributed by atoms with E-state index in [0.717, 1.165) is 28.5 Å². The maximum atomic E-state index is 11.6. The van der Waals surface area contributed by atoms with Crippen LogP contribution in [0.2, 0.25) is 0 Å². The number of hydrogen-bond donors (Lipinski definition) is 1. The molecule has 0 atom stereocenters. The van der Waals surface area contributed by atoms with Crippen molar-refractivity contribution in [3.05, 3.63) is 101 Å². The van der Waals surface area contributed by atoms with E-state index in [1.807, 2.05) is 68.4 Å². The van der Waals surface area contributed by atoms with Gasteiger partial charge in [-0.25, -0.2) is 9.79 Å². The van der Waals surface area contributed by atoms with Gasteiger partial charge in [0.2, 0.25) is 0 Å². The largest absolute Gasteiger partial charge is 0.488 e. The first-order valence-corrected chi connectivity index (χ1v) is 10.4. The summed E-state index contributed by atoms with van der Waals surface area (Å²) in [6.45, 7) is 4.17. The topological polar surface area (TPSA) is 80.5 Å². The van der Waals surface area contributed by atoms with Crippen LogP contribution in [0, 0.1) is 13.8 Å². The Morgan fingerprint density at radius 1 is 0.970 bits per heavy atom. The zero-order chi connectivity index (χ0) is 23.6. The van der Waals surface area contributed by atoms with E-state index >= 15 is 0 Å². The van der Waals surface area contributed by atoms with Crippen LogP contribution >= 0.6 is 0 Å². The maximum absolute atomic E-state index is 11.6. The van der Waals surface area contributed by atoms with Crippen LogP contribution < -0.4 is 4.74 Å². The molecule has 3 rings (SSSR count). The SMILES string of the molecule is CN=CN=Cc1c(Oc2c(C)cccc2C)cccc1C(=CC(=O)O)OCc1ccccc1. The summed E-state index contributed by atoms with van der Waals surface area (Å²) < 4.78 is 12.2. The summed E-state index contributed by atoms with van der Waals surface area (Å²) in [5.74, 6) is 0.352. The minimum absolute atomic E-state index is 0.202. The van der Waals surface area contributed by atoms with Crippen molar-refractivity contribution in [3.63, 3.8) is 0 Å². The van der Waals surface area contributed by atoms with Gasteiger partial charge in [0.25, 0.3) is 0 Å². The maximum Gasteiger partial charge on any atom is 0.332 e. The van der Waals surface area contributed by atoms with Crippen molar-refractivity contribution in [3.8, 4) is 11.5 Å². The Morgan fingerprint density at radius 3 is 2.33 bits per heavy atom. The number of carbonyl (C=O) groups is 1. The van der Waals surface area contributed by atoms with Gasteiger partial charge in [-0.15, -0.1) is 0 Å². The van der Waals surface area contributed by atoms with Crippen molar-refractivity contribution in [1.29, 1.82) is 0 Å². The normalized spacial score (nSPS) is 11.8. The molecule has 33 heavy (non-hydrogen) atoms. The second kappa shape index (κ2) is 11.4. The van der Waals surface area contributed by atoms with Gasteiger partial charge in [0.1, 0.15) is 30.2 Å². The summed E-state index contributed by atoms with van der Waals surface area (Å²) in [6, 6.07) is 20.9. The third-order valence-electron chi connectivity index (χ3n) is 4.83. The van der Waals surface area contributed by atoms with Crippen LogP contribution in [0.15, 0.2) is 82.8 Å². The molecule has 3 aromatic rings. The number of rotatable bonds is 9. The van der Waals surface area contributed by atoms with Crippen molar-refractivity contribution in [1.82, 2.24) is 0 Å². The molecule has 3 aromatic carbocycles. The lowest BCUT2D eigenvalue weighted by atomic mass is 10.0. The van der Waals surface area contributed by atoms with Crippen molar-refractivity contribution in [2.75, 3.05) is 7.05 Å². The van der Waals surface area contributed by atoms with E-state index in [0.29, 0.717) is 16.9 Å². The van der Waals surface area contributed by atoms with Gasteiger partial charge in [0, 0.05) is 24.4 Å². The highest BCUT2D eigenvalue weighted by Gasteiger charge is 2.16. The average Bonchev–Trinajstić information content (AvgIpc) is 2.80. The summed E-state index contributed by atoms with van der Waals surface area (Å²) >= 11 is 0. The molecule has 6 heteroatoms. The van der Waals surface area contributed by atoms with E-state index in [2.05, 4.69) is 9.98 Å². The molecule has 0 saturated carbocycles. The van der Waals surface area contributed by atoms with E-state index in [4.69, 9.17) is 9.47 Å². The van der Waals surface area contributed by atoms with Gasteiger partial charge in [0.15, 0.2) is 0 Å². The number of carboxylic acids is 1. The highest BCUT2D eigenvalue weighted by molar-refractivity contribution is 5.97. The van der Waals surface area contributed by atoms with E-state index < -0.39 is 5.97 Å². The van der Waals surface area contributed by atoms with E-state index in [-0.39, 0.29) is 12.4 Å². The van der Waals surface area contributed by atoms with E-state index in [9.17, 15) is 9.90 Å². The van der Waals surface area contributed by atoms with Gasteiger partial charge in [-0.3, -0.25) is 4.99 Å². The fourth-order valence-electron chi connectivity index (χ4n) is 3.27. The first-order valence-electron chi connectivity index (χ1n) is 10.4. The molecular formula is C27H26N2O4. The van der Waals surface area contributed by atoms with Gasteiger partial charge >= 0.3 is 5.97 Å². The first-order chi connectivity index (χ1) is 16.0. The van der Waals surface area contributed by atoms with Crippen molar-refractivity contribution in [2.24, 2.45) is 9.98 Å². The molecule has 6 nitrogen and oxygen atoms in total. The molecule has 0 amide bonds. The highest BCUT2D eigenvalue weighted by Crippen LogP contribution is 2.34. The standard InChI is InChI=1S/C27H26N2O4/c1-19-9-7-10-20(2)27(19)33-24-14-8-13-22(23(24)16-29-18-28-3)25(15-26(30)31)32-17-21-11-5-4-6-12-21/h4-16,18H,17H2,1-3H3,(H,30,31). The van der Waals surface area contributed by atoms with Gasteiger partial charge in [0.05, 0.1) is 6.08 Å². The van der Waals surface area contributed by atoms with Crippen LogP contribution in [0.25, 0.3) is 5.76 Å². The zero-order valence-corrected chi connectivity index (χ0v) is 18.9. The number of nitrogens with zero attached hydrogens (tertiary/aromatic N) is 2. The second-order valence-corrected chi connectivity index (χ2v) is 7.31. The van der Waals surface area contributed by atoms with E-state index in [1.54, 1.807) is 25.4 Å². The number of para-hydroxylation sites is 1. The lowest BCUT2D eigenvalue weighted by molar-refractivity contribution is -0.131. The number of hydrogen-bond acceptors (Lipinski definition) is 4. The van der Waals surface area contributed by atoms with Gasteiger partial charge in [-0.05, 0) is 36.6 Å². The molecule has 1 N–H and O–H groups in total. The summed E-state index contributed by atoms with van der Waals surface area (Å²) in [5.41, 5.74) is 4.02. The summed E-state index contributed by atoms with van der Waals surface area (Å²) in [6.07, 6.45) is 4.05. The Kier molecular flexibility index (Phi) is 8.13. The molecule has 0 fully saturated rings. The molecule has 0 unspecified atom stereocenters. The minimum Gasteiger partial charge on any atom is -0.488 e. The van der Waals surface area contributed by atoms with Crippen molar-refractivity contribution in [2.45, 2.75) is 20.5 Å². The van der Waals surface area contributed by atoms with Crippen LogP contribution in [-0.4, -0.2) is 30.7 Å². The Bertz CT molecular complexity index is 1180. The summed E-state index contributed by atoms with van der Waals surface area (Å²) in [4.78, 5) is 19.7. The lowest BCUT2D eigenvalue weighted by Gasteiger charge is -2.17. The number of ether oxygens (including phenoxy) is 2. The molecule has 0 aromatic heterocycles. The van der Waals surface area contributed by atoms with Gasteiger partial charge < -0.3 is 14.6 Å². The lowest BCUT2D eigenvalue weighted by Crippen LogP contribution is -2.03. The fourth-order valence-corrected chi connectivity index (χ4v) is 3.27. The smallest absolute Gasteiger partial charge is 0.332 e. The molecule has 0 spiro atoms. The van der Waals surface area contributed by atoms with Gasteiger partial charge in [-0.1, -0.05) is 60.7 Å². The Morgan fingerprint density at radius 2 is 1.67 bits per heavy atom. The van der Waals surface area contributed by atoms with Crippen molar-refractivity contribution < 1.29 is 19.4 Å². The van der Waals surface area contributed by atoms with Crippen LogP contribution in [-0.2, 0) is 16.1 Å². The molecule has 0 aliphatic carbocycles. The number of aryl methyl sites for hydroxylation is 2. The van der Waals surface area contributed by atoms with Crippen LogP contribution in [0.3, 0.4) is 0 Å². The molecule has 0 aliphatic heterocycles. The number of benzene rings is 3. The quantitative estimate of drug-likeness (QED) is 0.196. The molecule has 0 saturated heterocycles. The first kappa shape index (κ1) is 23.5. The van der Waals surface area contributed by atoms with E-state index in [1.165, 1.54) is 6.34 Å². The molecule has 0 heterocycles. The molecule has 0 aliphatic rings. The Hall–Kier alpha value is -4.19. The Labute approximate surface area is 193 Å². The highest BCUT2D eigenvalue weighted by atomic mass is 16.5. The number of carboxylic acid groups (broad SMARTS) is 1. The molecule has 168 valence electrons. The number of aliphatic imine (C=N–C) groups is 2. The monoisotopic (exact) mass is 442 g/mol. The predicted octanol–water partition coefficient (Wildman–Crippen LogP) is 5.82. The molecule has 0 bridgehead atoms. The average molecular weight is 443 g/mol. The zero-order valence-electron chi connectivity index (χ0n) is 18.9. The summed E-state index contributed by atoms with van der Waals surface area (Å²) in [7, 11) is 1.62. The molecule has 0 radical (unpaired) electrons. The minimum atomic E-state index is -1.11. The summed E-state index contributed by atoms with van der Waals surface area (Å²) in [5, 5.41) is 9.48. The number of aliphatic carboxylic acids is 1. The fraction of sp³-hybridized carbons (Fsp3) is 0.148. The second-order valence-electron chi connectivity index (χ2n) is 7.31. The third kappa shape index (κ3) is 6.40. The van der Waals surface area contributed by atoms with Crippen LogP contribution in [0.4, 0.5) is 0 Å². The van der Waals surface area contributed by atoms with Crippen molar-refractivity contribution >= 4 is 24.3 Å². The third-order valence-corrected chi connectivity index (χ3v) is 4.83. The van der Waals surface area contributed by atoms with Crippen LogP contribution in [0.5, 0.6) is 11.5 Å². The Balaban J connectivity index is 2.07. The predicted molar refractivity (Wildman–Crippen MR) is 131 cm³/mol. The van der Waals surface area contributed by atoms with Crippen LogP contribution in [0.1, 0.15) is 27.8 Å². The molecular weight excluding hydrogens is 416 g/mol.